The molecule has 0 aliphatic heterocycles. The second-order valence-electron chi connectivity index (χ2n) is 4.87. The van der Waals surface area contributed by atoms with Crippen molar-refractivity contribution >= 4 is 5.95 Å². The van der Waals surface area contributed by atoms with Crippen molar-refractivity contribution in [3.05, 3.63) is 12.4 Å². The zero-order valence-electron chi connectivity index (χ0n) is 9.52. The predicted molar refractivity (Wildman–Crippen MR) is 61.4 cm³/mol. The molecule has 4 heteroatoms. The van der Waals surface area contributed by atoms with Gasteiger partial charge in [-0.1, -0.05) is 6.42 Å². The van der Waals surface area contributed by atoms with Gasteiger partial charge in [-0.15, -0.1) is 0 Å². The summed E-state index contributed by atoms with van der Waals surface area (Å²) in [5.41, 5.74) is 0. The van der Waals surface area contributed by atoms with E-state index in [1.165, 1.54) is 25.7 Å². The second kappa shape index (κ2) is 3.92. The summed E-state index contributed by atoms with van der Waals surface area (Å²) in [6.07, 6.45) is 8.91. The predicted octanol–water partition coefficient (Wildman–Crippen LogP) is 2.09. The molecule has 1 aromatic heterocycles. The summed E-state index contributed by atoms with van der Waals surface area (Å²) in [5.74, 6) is 3.23. The van der Waals surface area contributed by atoms with E-state index in [0.29, 0.717) is 11.8 Å². The first kappa shape index (κ1) is 9.87. The van der Waals surface area contributed by atoms with E-state index in [-0.39, 0.29) is 0 Å². The minimum Gasteiger partial charge on any atom is -0.494 e. The molecule has 16 heavy (non-hydrogen) atoms. The fourth-order valence-corrected chi connectivity index (χ4v) is 3.08. The number of ether oxygens (including phenoxy) is 1. The third-order valence-electron chi connectivity index (χ3n) is 3.92. The van der Waals surface area contributed by atoms with Gasteiger partial charge in [0, 0.05) is 6.04 Å². The smallest absolute Gasteiger partial charge is 0.223 e. The fraction of sp³-hybridized carbons (Fsp3) is 0.667. The van der Waals surface area contributed by atoms with Crippen molar-refractivity contribution in [3.8, 4) is 5.75 Å². The Hall–Kier alpha value is -1.32. The number of nitrogens with zero attached hydrogens (tertiary/aromatic N) is 2. The molecule has 0 amide bonds. The van der Waals surface area contributed by atoms with E-state index < -0.39 is 0 Å². The molecular weight excluding hydrogens is 202 g/mol. The van der Waals surface area contributed by atoms with Crippen LogP contribution in [0.5, 0.6) is 5.75 Å². The Labute approximate surface area is 95.4 Å². The summed E-state index contributed by atoms with van der Waals surface area (Å²) in [6.45, 7) is 0. The minimum absolute atomic E-state index is 0.590. The van der Waals surface area contributed by atoms with Gasteiger partial charge in [0.2, 0.25) is 5.95 Å². The maximum atomic E-state index is 5.04. The van der Waals surface area contributed by atoms with E-state index in [1.54, 1.807) is 19.5 Å². The largest absolute Gasteiger partial charge is 0.494 e. The number of hydrogen-bond donors (Lipinski definition) is 1. The van der Waals surface area contributed by atoms with Crippen molar-refractivity contribution in [2.75, 3.05) is 12.4 Å². The number of methoxy groups -OCH3 is 1. The van der Waals surface area contributed by atoms with Crippen LogP contribution in [0.3, 0.4) is 0 Å². The summed E-state index contributed by atoms with van der Waals surface area (Å²) in [6, 6.07) is 0.590. The first-order valence-corrected chi connectivity index (χ1v) is 5.97. The van der Waals surface area contributed by atoms with E-state index in [1.807, 2.05) is 0 Å². The van der Waals surface area contributed by atoms with Gasteiger partial charge in [-0.05, 0) is 31.1 Å². The van der Waals surface area contributed by atoms with Crippen LogP contribution >= 0.6 is 0 Å². The van der Waals surface area contributed by atoms with Gasteiger partial charge in [0.05, 0.1) is 19.5 Å². The highest BCUT2D eigenvalue weighted by molar-refractivity contribution is 5.29. The maximum Gasteiger partial charge on any atom is 0.223 e. The third kappa shape index (κ3) is 1.72. The van der Waals surface area contributed by atoms with Crippen molar-refractivity contribution in [2.24, 2.45) is 11.8 Å². The molecule has 3 atom stereocenters. The van der Waals surface area contributed by atoms with Gasteiger partial charge in [-0.25, -0.2) is 9.97 Å². The molecule has 0 aromatic carbocycles. The molecule has 0 radical (unpaired) electrons. The van der Waals surface area contributed by atoms with Gasteiger partial charge in [0.15, 0.2) is 5.75 Å². The van der Waals surface area contributed by atoms with Crippen LogP contribution in [0.4, 0.5) is 5.95 Å². The molecule has 0 spiro atoms. The lowest BCUT2D eigenvalue weighted by Gasteiger charge is -2.22. The Bertz CT molecular complexity index is 365. The molecule has 2 bridgehead atoms. The summed E-state index contributed by atoms with van der Waals surface area (Å²) >= 11 is 0. The molecule has 2 aliphatic carbocycles. The lowest BCUT2D eigenvalue weighted by Crippen LogP contribution is -2.26. The molecule has 1 N–H and O–H groups in total. The number of anilines is 1. The first-order chi connectivity index (χ1) is 7.85. The van der Waals surface area contributed by atoms with Crippen LogP contribution in [0.1, 0.15) is 25.7 Å². The first-order valence-electron chi connectivity index (χ1n) is 5.97. The third-order valence-corrected chi connectivity index (χ3v) is 3.92. The summed E-state index contributed by atoms with van der Waals surface area (Å²) < 4.78 is 5.04. The van der Waals surface area contributed by atoms with Crippen molar-refractivity contribution in [1.29, 1.82) is 0 Å². The average molecular weight is 219 g/mol. The van der Waals surface area contributed by atoms with E-state index in [2.05, 4.69) is 15.3 Å². The highest BCUT2D eigenvalue weighted by Crippen LogP contribution is 2.45. The quantitative estimate of drug-likeness (QED) is 0.845. The van der Waals surface area contributed by atoms with Crippen LogP contribution in [-0.2, 0) is 0 Å². The van der Waals surface area contributed by atoms with Crippen molar-refractivity contribution in [1.82, 2.24) is 9.97 Å². The molecular formula is C12H17N3O. The molecule has 2 fully saturated rings. The zero-order valence-corrected chi connectivity index (χ0v) is 9.52. The van der Waals surface area contributed by atoms with Crippen LogP contribution in [0.25, 0.3) is 0 Å². The molecule has 2 saturated carbocycles. The molecule has 2 aliphatic rings. The summed E-state index contributed by atoms with van der Waals surface area (Å²) in [5, 5.41) is 3.45. The second-order valence-corrected chi connectivity index (χ2v) is 4.87. The van der Waals surface area contributed by atoms with Crippen molar-refractivity contribution in [2.45, 2.75) is 31.7 Å². The number of hydrogen-bond acceptors (Lipinski definition) is 4. The molecule has 3 unspecified atom stereocenters. The number of fused-ring (bicyclic) bond motifs is 2. The molecule has 4 nitrogen and oxygen atoms in total. The minimum atomic E-state index is 0.590. The van der Waals surface area contributed by atoms with E-state index in [4.69, 9.17) is 4.74 Å². The maximum absolute atomic E-state index is 5.04. The van der Waals surface area contributed by atoms with Gasteiger partial charge in [0.25, 0.3) is 0 Å². The Morgan fingerprint density at radius 3 is 2.62 bits per heavy atom. The Morgan fingerprint density at radius 1 is 1.25 bits per heavy atom. The van der Waals surface area contributed by atoms with Crippen molar-refractivity contribution in [3.63, 3.8) is 0 Å². The zero-order chi connectivity index (χ0) is 11.0. The van der Waals surface area contributed by atoms with E-state index >= 15 is 0 Å². The van der Waals surface area contributed by atoms with Crippen LogP contribution in [0, 0.1) is 11.8 Å². The van der Waals surface area contributed by atoms with E-state index in [9.17, 15) is 0 Å². The topological polar surface area (TPSA) is 47.0 Å². The Kier molecular flexibility index (Phi) is 2.42. The lowest BCUT2D eigenvalue weighted by atomic mass is 9.95. The SMILES string of the molecule is COc1cnc(NC2CC3CCC2C3)nc1. The van der Waals surface area contributed by atoms with E-state index in [0.717, 1.165) is 17.8 Å². The highest BCUT2D eigenvalue weighted by atomic mass is 16.5. The molecule has 1 heterocycles. The number of nitrogens with one attached hydrogen (secondary N) is 1. The monoisotopic (exact) mass is 219 g/mol. The van der Waals surface area contributed by atoms with Crippen LogP contribution in [0.2, 0.25) is 0 Å². The molecule has 86 valence electrons. The van der Waals surface area contributed by atoms with Crippen molar-refractivity contribution < 1.29 is 4.74 Å². The normalized spacial score (nSPS) is 31.7. The van der Waals surface area contributed by atoms with Gasteiger partial charge in [-0.3, -0.25) is 0 Å². The van der Waals surface area contributed by atoms with Gasteiger partial charge in [-0.2, -0.15) is 0 Å². The van der Waals surface area contributed by atoms with Crippen LogP contribution < -0.4 is 10.1 Å². The standard InChI is InChI=1S/C12H17N3O/c1-16-10-6-13-12(14-7-10)15-11-5-8-2-3-9(11)4-8/h6-9,11H,2-5H2,1H3,(H,13,14,15). The van der Waals surface area contributed by atoms with Crippen LogP contribution in [-0.4, -0.2) is 23.1 Å². The number of aromatic nitrogens is 2. The van der Waals surface area contributed by atoms with Crippen LogP contribution in [0.15, 0.2) is 12.4 Å². The summed E-state index contributed by atoms with van der Waals surface area (Å²) in [7, 11) is 1.63. The number of rotatable bonds is 3. The molecule has 3 rings (SSSR count). The molecule has 0 saturated heterocycles. The Balaban J connectivity index is 1.65. The Morgan fingerprint density at radius 2 is 2.06 bits per heavy atom. The van der Waals surface area contributed by atoms with Gasteiger partial charge in [0.1, 0.15) is 0 Å². The lowest BCUT2D eigenvalue weighted by molar-refractivity contribution is 0.410. The fourth-order valence-electron chi connectivity index (χ4n) is 3.08. The van der Waals surface area contributed by atoms with Gasteiger partial charge >= 0.3 is 0 Å². The molecule has 1 aromatic rings. The van der Waals surface area contributed by atoms with Gasteiger partial charge < -0.3 is 10.1 Å². The summed E-state index contributed by atoms with van der Waals surface area (Å²) in [4.78, 5) is 8.50. The highest BCUT2D eigenvalue weighted by Gasteiger charge is 2.39. The average Bonchev–Trinajstić information content (AvgIpc) is 2.92.